The van der Waals surface area contributed by atoms with E-state index in [4.69, 9.17) is 0 Å². The van der Waals surface area contributed by atoms with Crippen molar-refractivity contribution in [1.29, 1.82) is 0 Å². The Hall–Kier alpha value is -3.10. The maximum absolute atomic E-state index is 13.4. The van der Waals surface area contributed by atoms with Crippen LogP contribution in [-0.2, 0) is 11.3 Å². The number of aryl methyl sites for hydroxylation is 1. The van der Waals surface area contributed by atoms with Gasteiger partial charge in [-0.1, -0.05) is 27.7 Å². The molecule has 0 unspecified atom stereocenters. The molecule has 1 aliphatic heterocycles. The first kappa shape index (κ1) is 24.0. The van der Waals surface area contributed by atoms with Crippen LogP contribution < -0.4 is 10.9 Å². The molecule has 2 amide bonds. The summed E-state index contributed by atoms with van der Waals surface area (Å²) in [4.78, 5) is 41.1. The number of fused-ring (bicyclic) bond motifs is 1. The molecule has 0 bridgehead atoms. The number of carbonyl (C=O) groups is 2. The average Bonchev–Trinajstić information content (AvgIpc) is 3.31. The molecule has 2 aromatic heterocycles. The van der Waals surface area contributed by atoms with Crippen molar-refractivity contribution in [3.63, 3.8) is 0 Å². The van der Waals surface area contributed by atoms with E-state index in [1.54, 1.807) is 13.0 Å². The molecular weight excluding hydrogens is 434 g/mol. The Morgan fingerprint density at radius 2 is 1.91 bits per heavy atom. The predicted octanol–water partition coefficient (Wildman–Crippen LogP) is 2.72. The van der Waals surface area contributed by atoms with E-state index in [1.165, 1.54) is 15.2 Å². The van der Waals surface area contributed by atoms with Gasteiger partial charge in [0.15, 0.2) is 5.56 Å². The second-order valence-electron chi connectivity index (χ2n) is 10.3. The van der Waals surface area contributed by atoms with Gasteiger partial charge in [0, 0.05) is 36.8 Å². The van der Waals surface area contributed by atoms with E-state index in [2.05, 4.69) is 24.3 Å². The molecule has 3 heterocycles. The van der Waals surface area contributed by atoms with Gasteiger partial charge in [0.05, 0.1) is 5.69 Å². The maximum atomic E-state index is 13.4. The Morgan fingerprint density at radius 3 is 2.53 bits per heavy atom. The molecular formula is C25H35N5O4. The minimum Gasteiger partial charge on any atom is -0.492 e. The van der Waals surface area contributed by atoms with E-state index in [9.17, 15) is 19.5 Å². The zero-order valence-corrected chi connectivity index (χ0v) is 20.7. The van der Waals surface area contributed by atoms with Crippen LogP contribution in [0.2, 0.25) is 0 Å². The number of likely N-dealkylation sites (tertiary alicyclic amines) is 1. The van der Waals surface area contributed by atoms with Crippen LogP contribution in [-0.4, -0.2) is 54.6 Å². The number of carbonyl (C=O) groups excluding carboxylic acids is 2. The van der Waals surface area contributed by atoms with Gasteiger partial charge in [0.25, 0.3) is 11.5 Å². The van der Waals surface area contributed by atoms with Crippen molar-refractivity contribution >= 4 is 23.5 Å². The summed E-state index contributed by atoms with van der Waals surface area (Å²) in [6.45, 7) is 11.0. The van der Waals surface area contributed by atoms with Crippen molar-refractivity contribution in [3.8, 4) is 5.88 Å². The summed E-state index contributed by atoms with van der Waals surface area (Å²) in [6, 6.07) is 0.266. The van der Waals surface area contributed by atoms with Gasteiger partial charge in [-0.15, -0.1) is 0 Å². The topological polar surface area (TPSA) is 109 Å². The fourth-order valence-corrected chi connectivity index (χ4v) is 4.79. The molecule has 1 aliphatic carbocycles. The molecule has 0 aromatic carbocycles. The first-order chi connectivity index (χ1) is 16.1. The van der Waals surface area contributed by atoms with E-state index in [1.807, 2.05) is 18.7 Å². The van der Waals surface area contributed by atoms with Crippen LogP contribution in [0.25, 0.3) is 11.7 Å². The highest BCUT2D eigenvalue weighted by Crippen LogP contribution is 2.27. The number of amides is 2. The van der Waals surface area contributed by atoms with Crippen molar-refractivity contribution in [1.82, 2.24) is 24.4 Å². The van der Waals surface area contributed by atoms with Gasteiger partial charge in [0.1, 0.15) is 5.65 Å². The zero-order valence-electron chi connectivity index (χ0n) is 20.7. The SMILES string of the molecule is Cc1nn2c(O)c(C(=O)NC3CC3)c(=O)n(CC(C)C)c2c1/C=C/C(=O)N1CCC[C@@H]1C(C)C. The Balaban J connectivity index is 1.79. The molecule has 0 radical (unpaired) electrons. The zero-order chi connectivity index (χ0) is 24.7. The van der Waals surface area contributed by atoms with Gasteiger partial charge in [-0.3, -0.25) is 19.0 Å². The van der Waals surface area contributed by atoms with Crippen LogP contribution in [0.1, 0.15) is 75.0 Å². The number of hydrogen-bond donors (Lipinski definition) is 2. The van der Waals surface area contributed by atoms with Gasteiger partial charge >= 0.3 is 0 Å². The average molecular weight is 470 g/mol. The van der Waals surface area contributed by atoms with Crippen LogP contribution in [0.3, 0.4) is 0 Å². The summed E-state index contributed by atoms with van der Waals surface area (Å²) in [5, 5.41) is 18.1. The van der Waals surface area contributed by atoms with Crippen molar-refractivity contribution < 1.29 is 14.7 Å². The third-order valence-corrected chi connectivity index (χ3v) is 6.65. The highest BCUT2D eigenvalue weighted by molar-refractivity contribution is 5.97. The number of rotatable bonds is 7. The van der Waals surface area contributed by atoms with Gasteiger partial charge in [0.2, 0.25) is 11.8 Å². The third kappa shape index (κ3) is 4.48. The summed E-state index contributed by atoms with van der Waals surface area (Å²) in [6.07, 6.45) is 6.93. The molecule has 2 N–H and O–H groups in total. The molecule has 34 heavy (non-hydrogen) atoms. The third-order valence-electron chi connectivity index (χ3n) is 6.65. The number of aromatic nitrogens is 3. The molecule has 2 aromatic rings. The fraction of sp³-hybridized carbons (Fsp3) is 0.600. The summed E-state index contributed by atoms with van der Waals surface area (Å²) >= 11 is 0. The molecule has 0 spiro atoms. The highest BCUT2D eigenvalue weighted by atomic mass is 16.3. The van der Waals surface area contributed by atoms with E-state index >= 15 is 0 Å². The molecule has 1 saturated heterocycles. The predicted molar refractivity (Wildman–Crippen MR) is 130 cm³/mol. The lowest BCUT2D eigenvalue weighted by atomic mass is 10.0. The second kappa shape index (κ2) is 9.27. The number of nitrogens with zero attached hydrogens (tertiary/aromatic N) is 4. The molecule has 1 atom stereocenters. The van der Waals surface area contributed by atoms with Crippen LogP contribution in [0.4, 0.5) is 0 Å². The van der Waals surface area contributed by atoms with Gasteiger partial charge in [-0.2, -0.15) is 9.61 Å². The van der Waals surface area contributed by atoms with Gasteiger partial charge in [-0.05, 0) is 50.5 Å². The minimum atomic E-state index is -0.585. The smallest absolute Gasteiger partial charge is 0.270 e. The fourth-order valence-electron chi connectivity index (χ4n) is 4.79. The molecule has 184 valence electrons. The van der Waals surface area contributed by atoms with Crippen LogP contribution >= 0.6 is 0 Å². The normalized spacial score (nSPS) is 18.7. The van der Waals surface area contributed by atoms with Crippen LogP contribution in [0.15, 0.2) is 10.9 Å². The van der Waals surface area contributed by atoms with E-state index in [0.29, 0.717) is 29.4 Å². The quantitative estimate of drug-likeness (QED) is 0.606. The first-order valence-corrected chi connectivity index (χ1v) is 12.2. The Kier molecular flexibility index (Phi) is 6.55. The lowest BCUT2D eigenvalue weighted by Crippen LogP contribution is -2.37. The van der Waals surface area contributed by atoms with Gasteiger partial charge in [-0.25, -0.2) is 0 Å². The molecule has 9 nitrogen and oxygen atoms in total. The molecule has 2 aliphatic rings. The Bertz CT molecular complexity index is 1200. The molecule has 2 fully saturated rings. The standard InChI is InChI=1S/C25H35N5O4/c1-14(2)13-29-23-18(10-11-20(31)28-12-6-7-19(28)15(3)4)16(5)27-30(23)25(34)21(24(29)33)22(32)26-17-8-9-17/h10-11,14-15,17,19,34H,6-9,12-13H2,1-5H3,(H,26,32)/b11-10+/t19-/m1/s1. The Morgan fingerprint density at radius 1 is 1.21 bits per heavy atom. The van der Waals surface area contributed by atoms with Crippen molar-refractivity contribution in [3.05, 3.63) is 33.3 Å². The van der Waals surface area contributed by atoms with Gasteiger partial charge < -0.3 is 15.3 Å². The maximum Gasteiger partial charge on any atom is 0.270 e. The van der Waals surface area contributed by atoms with Crippen LogP contribution in [0, 0.1) is 18.8 Å². The lowest BCUT2D eigenvalue weighted by molar-refractivity contribution is -0.127. The molecule has 1 saturated carbocycles. The summed E-state index contributed by atoms with van der Waals surface area (Å²) in [5.74, 6) is -0.648. The number of aromatic hydroxyl groups is 1. The van der Waals surface area contributed by atoms with E-state index in [0.717, 1.165) is 32.2 Å². The summed E-state index contributed by atoms with van der Waals surface area (Å²) in [7, 11) is 0. The minimum absolute atomic E-state index is 0.0460. The van der Waals surface area contributed by atoms with Crippen molar-refractivity contribution in [2.45, 2.75) is 78.9 Å². The van der Waals surface area contributed by atoms with E-state index < -0.39 is 17.3 Å². The van der Waals surface area contributed by atoms with Crippen LogP contribution in [0.5, 0.6) is 5.88 Å². The summed E-state index contributed by atoms with van der Waals surface area (Å²) < 4.78 is 2.74. The number of nitrogens with one attached hydrogen (secondary N) is 1. The van der Waals surface area contributed by atoms with Crippen molar-refractivity contribution in [2.75, 3.05) is 6.54 Å². The Labute approximate surface area is 199 Å². The largest absolute Gasteiger partial charge is 0.492 e. The lowest BCUT2D eigenvalue weighted by Gasteiger charge is -2.26. The monoisotopic (exact) mass is 469 g/mol. The molecule has 4 rings (SSSR count). The second-order valence-corrected chi connectivity index (χ2v) is 10.3. The highest BCUT2D eigenvalue weighted by Gasteiger charge is 2.31. The van der Waals surface area contributed by atoms with E-state index in [-0.39, 0.29) is 29.5 Å². The summed E-state index contributed by atoms with van der Waals surface area (Å²) in [5.41, 5.74) is 0.652. The van der Waals surface area contributed by atoms with Crippen molar-refractivity contribution in [2.24, 2.45) is 11.8 Å². The molecule has 9 heteroatoms. The number of hydrogen-bond acceptors (Lipinski definition) is 5. The first-order valence-electron chi connectivity index (χ1n) is 12.2.